The number of unbranched alkanes of at least 4 members (excludes halogenated alkanes) is 1. The fraction of sp³-hybridized carbons (Fsp3) is 0.250. The molecule has 3 aromatic heterocycles. The van der Waals surface area contributed by atoms with Gasteiger partial charge in [0.25, 0.3) is 0 Å². The van der Waals surface area contributed by atoms with Crippen LogP contribution in [0.15, 0.2) is 36.5 Å². The number of aromatic carboxylic acids is 1. The second-order valence-corrected chi connectivity index (χ2v) is 7.87. The van der Waals surface area contributed by atoms with Gasteiger partial charge in [0.15, 0.2) is 5.65 Å². The van der Waals surface area contributed by atoms with Crippen molar-refractivity contribution in [3.05, 3.63) is 57.8 Å². The number of aryl methyl sites for hydroxylation is 1. The van der Waals surface area contributed by atoms with Gasteiger partial charge >= 0.3 is 5.97 Å². The molecule has 0 fully saturated rings. The molecule has 5 nitrogen and oxygen atoms in total. The van der Waals surface area contributed by atoms with Crippen LogP contribution in [0.25, 0.3) is 21.3 Å². The van der Waals surface area contributed by atoms with Crippen LogP contribution in [0.3, 0.4) is 0 Å². The number of imidazole rings is 1. The lowest BCUT2D eigenvalue weighted by molar-refractivity contribution is 0.0702. The Morgan fingerprint density at radius 1 is 1.33 bits per heavy atom. The third-order valence-corrected chi connectivity index (χ3v) is 6.21. The molecule has 1 N–H and O–H groups in total. The van der Waals surface area contributed by atoms with Crippen molar-refractivity contribution >= 4 is 50.2 Å². The number of fused-ring (bicyclic) bond motifs is 2. The summed E-state index contributed by atoms with van der Waals surface area (Å²) in [5.41, 5.74) is 2.84. The number of rotatable bonds is 6. The van der Waals surface area contributed by atoms with E-state index in [9.17, 15) is 9.90 Å². The molecule has 27 heavy (non-hydrogen) atoms. The number of halogens is 1. The SMILES string of the molecule is CCCCc1nc2cccnc2n1Cc1ccc2c(Cl)c(C(=O)O)sc2c1. The molecular formula is C20H18ClN3O2S. The lowest BCUT2D eigenvalue weighted by Gasteiger charge is -2.09. The third kappa shape index (κ3) is 3.31. The minimum absolute atomic E-state index is 0.183. The van der Waals surface area contributed by atoms with Gasteiger partial charge in [-0.05, 0) is 30.2 Å². The molecule has 1 aromatic carbocycles. The highest BCUT2D eigenvalue weighted by atomic mass is 35.5. The molecule has 0 aliphatic carbocycles. The molecule has 0 unspecified atom stereocenters. The Morgan fingerprint density at radius 2 is 2.19 bits per heavy atom. The molecule has 0 aliphatic heterocycles. The number of carbonyl (C=O) groups is 1. The monoisotopic (exact) mass is 399 g/mol. The van der Waals surface area contributed by atoms with Gasteiger partial charge in [0.05, 0.1) is 11.6 Å². The zero-order valence-electron chi connectivity index (χ0n) is 14.8. The van der Waals surface area contributed by atoms with Crippen LogP contribution in [0, 0.1) is 0 Å². The molecule has 0 saturated heterocycles. The van der Waals surface area contributed by atoms with Crippen LogP contribution in [-0.4, -0.2) is 25.6 Å². The fourth-order valence-corrected chi connectivity index (χ4v) is 4.64. The van der Waals surface area contributed by atoms with E-state index < -0.39 is 5.97 Å². The van der Waals surface area contributed by atoms with Crippen molar-refractivity contribution in [3.8, 4) is 0 Å². The van der Waals surface area contributed by atoms with Crippen LogP contribution in [0.4, 0.5) is 0 Å². The highest BCUT2D eigenvalue weighted by Gasteiger charge is 2.17. The maximum absolute atomic E-state index is 11.3. The summed E-state index contributed by atoms with van der Waals surface area (Å²) >= 11 is 7.42. The predicted octanol–water partition coefficient (Wildman–Crippen LogP) is 5.39. The Hall–Kier alpha value is -2.44. The Balaban J connectivity index is 1.76. The number of benzene rings is 1. The van der Waals surface area contributed by atoms with Gasteiger partial charge in [0.1, 0.15) is 16.2 Å². The van der Waals surface area contributed by atoms with Gasteiger partial charge in [-0.25, -0.2) is 14.8 Å². The standard InChI is InChI=1S/C20H18ClN3O2S/c1-2-3-6-16-23-14-5-4-9-22-19(14)24(16)11-12-7-8-13-15(10-12)27-18(17(13)21)20(25)26/h4-5,7-10H,2-3,6,11H2,1H3,(H,25,26). The highest BCUT2D eigenvalue weighted by molar-refractivity contribution is 7.21. The first-order valence-corrected chi connectivity index (χ1v) is 10.0. The summed E-state index contributed by atoms with van der Waals surface area (Å²) in [7, 11) is 0. The van der Waals surface area contributed by atoms with E-state index in [-0.39, 0.29) is 4.88 Å². The van der Waals surface area contributed by atoms with E-state index in [4.69, 9.17) is 16.6 Å². The number of pyridine rings is 1. The first kappa shape index (κ1) is 17.9. The number of hydrogen-bond acceptors (Lipinski definition) is 4. The van der Waals surface area contributed by atoms with Gasteiger partial charge in [-0.15, -0.1) is 11.3 Å². The molecule has 4 aromatic rings. The van der Waals surface area contributed by atoms with Gasteiger partial charge in [0.2, 0.25) is 0 Å². The summed E-state index contributed by atoms with van der Waals surface area (Å²) in [6, 6.07) is 9.78. The van der Waals surface area contributed by atoms with Gasteiger partial charge in [-0.3, -0.25) is 0 Å². The molecule has 0 amide bonds. The molecule has 0 bridgehead atoms. The lowest BCUT2D eigenvalue weighted by Crippen LogP contribution is -2.06. The molecule has 0 radical (unpaired) electrons. The maximum Gasteiger partial charge on any atom is 0.347 e. The Labute approximate surface area is 165 Å². The number of hydrogen-bond donors (Lipinski definition) is 1. The molecule has 3 heterocycles. The predicted molar refractivity (Wildman–Crippen MR) is 109 cm³/mol. The summed E-state index contributed by atoms with van der Waals surface area (Å²) in [5, 5.41) is 10.4. The van der Waals surface area contributed by atoms with Crippen LogP contribution in [0.1, 0.15) is 40.8 Å². The molecule has 0 atom stereocenters. The molecule has 0 aliphatic rings. The summed E-state index contributed by atoms with van der Waals surface area (Å²) in [6.07, 6.45) is 4.87. The second-order valence-electron chi connectivity index (χ2n) is 6.44. The average molecular weight is 400 g/mol. The molecule has 0 spiro atoms. The van der Waals surface area contributed by atoms with Crippen molar-refractivity contribution in [3.63, 3.8) is 0 Å². The van der Waals surface area contributed by atoms with Crippen LogP contribution in [-0.2, 0) is 13.0 Å². The zero-order chi connectivity index (χ0) is 19.0. The van der Waals surface area contributed by atoms with E-state index in [0.717, 1.165) is 51.9 Å². The molecule has 7 heteroatoms. The van der Waals surface area contributed by atoms with E-state index in [1.54, 1.807) is 6.20 Å². The molecular weight excluding hydrogens is 382 g/mol. The molecule has 0 saturated carbocycles. The van der Waals surface area contributed by atoms with E-state index in [1.165, 1.54) is 11.3 Å². The van der Waals surface area contributed by atoms with Crippen LogP contribution >= 0.6 is 22.9 Å². The number of thiophene rings is 1. The Kier molecular flexibility index (Phi) is 4.85. The quantitative estimate of drug-likeness (QED) is 0.472. The topological polar surface area (TPSA) is 68.0 Å². The first-order valence-electron chi connectivity index (χ1n) is 8.83. The van der Waals surface area contributed by atoms with E-state index >= 15 is 0 Å². The van der Waals surface area contributed by atoms with E-state index in [0.29, 0.717) is 11.6 Å². The summed E-state index contributed by atoms with van der Waals surface area (Å²) in [4.78, 5) is 20.8. The van der Waals surface area contributed by atoms with Crippen molar-refractivity contribution in [2.24, 2.45) is 0 Å². The lowest BCUT2D eigenvalue weighted by atomic mass is 10.1. The van der Waals surface area contributed by atoms with Crippen LogP contribution in [0.2, 0.25) is 5.02 Å². The first-order chi connectivity index (χ1) is 13.1. The fourth-order valence-electron chi connectivity index (χ4n) is 3.23. The van der Waals surface area contributed by atoms with Crippen molar-refractivity contribution < 1.29 is 9.90 Å². The van der Waals surface area contributed by atoms with Crippen LogP contribution in [0.5, 0.6) is 0 Å². The van der Waals surface area contributed by atoms with Crippen molar-refractivity contribution in [2.75, 3.05) is 0 Å². The number of nitrogens with zero attached hydrogens (tertiary/aromatic N) is 3. The number of carboxylic acids is 1. The normalized spacial score (nSPS) is 11.5. The average Bonchev–Trinajstić information content (AvgIpc) is 3.18. The van der Waals surface area contributed by atoms with Crippen molar-refractivity contribution in [2.45, 2.75) is 32.7 Å². The smallest absolute Gasteiger partial charge is 0.347 e. The van der Waals surface area contributed by atoms with E-state index in [2.05, 4.69) is 16.5 Å². The highest BCUT2D eigenvalue weighted by Crippen LogP contribution is 2.36. The molecule has 4 rings (SSSR count). The minimum atomic E-state index is -0.991. The summed E-state index contributed by atoms with van der Waals surface area (Å²) in [6.45, 7) is 2.81. The van der Waals surface area contributed by atoms with Gasteiger partial charge < -0.3 is 9.67 Å². The Morgan fingerprint density at radius 3 is 2.96 bits per heavy atom. The molecule has 138 valence electrons. The van der Waals surface area contributed by atoms with Crippen molar-refractivity contribution in [1.29, 1.82) is 0 Å². The number of carboxylic acid groups (broad SMARTS) is 1. The zero-order valence-corrected chi connectivity index (χ0v) is 16.3. The second kappa shape index (κ2) is 7.29. The summed E-state index contributed by atoms with van der Waals surface area (Å²) in [5.74, 6) is 0.0375. The van der Waals surface area contributed by atoms with Gasteiger partial charge in [0, 0.05) is 22.7 Å². The van der Waals surface area contributed by atoms with Crippen molar-refractivity contribution in [1.82, 2.24) is 14.5 Å². The van der Waals surface area contributed by atoms with Gasteiger partial charge in [-0.2, -0.15) is 0 Å². The van der Waals surface area contributed by atoms with Crippen LogP contribution < -0.4 is 0 Å². The van der Waals surface area contributed by atoms with E-state index in [1.807, 2.05) is 30.3 Å². The largest absolute Gasteiger partial charge is 0.477 e. The maximum atomic E-state index is 11.3. The Bertz CT molecular complexity index is 1150. The minimum Gasteiger partial charge on any atom is -0.477 e. The van der Waals surface area contributed by atoms with Gasteiger partial charge in [-0.1, -0.05) is 37.1 Å². The summed E-state index contributed by atoms with van der Waals surface area (Å²) < 4.78 is 3.03. The third-order valence-electron chi connectivity index (χ3n) is 4.57. The number of aromatic nitrogens is 3.